The van der Waals surface area contributed by atoms with Crippen molar-refractivity contribution in [3.8, 4) is 0 Å². The molecule has 1 saturated heterocycles. The number of carbonyl (C=O) groups excluding carboxylic acids is 1. The van der Waals surface area contributed by atoms with E-state index in [4.69, 9.17) is 0 Å². The number of anilines is 3. The van der Waals surface area contributed by atoms with Crippen LogP contribution in [-0.2, 0) is 23.9 Å². The van der Waals surface area contributed by atoms with Gasteiger partial charge in [-0.15, -0.1) is 0 Å². The van der Waals surface area contributed by atoms with Crippen LogP contribution in [0.5, 0.6) is 0 Å². The molecule has 2 fully saturated rings. The van der Waals surface area contributed by atoms with Crippen LogP contribution in [0, 0.1) is 0 Å². The van der Waals surface area contributed by atoms with Gasteiger partial charge in [0.2, 0.25) is 11.9 Å². The summed E-state index contributed by atoms with van der Waals surface area (Å²) >= 11 is 0. The third-order valence-corrected chi connectivity index (χ3v) is 5.92. The molecule has 10 heteroatoms. The largest absolute Gasteiger partial charge is 0.421 e. The topological polar surface area (TPSA) is 82.2 Å². The maximum absolute atomic E-state index is 13.3. The molecule has 7 nitrogen and oxygen atoms in total. The zero-order valence-electron chi connectivity index (χ0n) is 16.8. The van der Waals surface area contributed by atoms with Crippen LogP contribution in [-0.4, -0.2) is 45.9 Å². The van der Waals surface area contributed by atoms with E-state index in [-0.39, 0.29) is 29.8 Å². The first-order valence-electron chi connectivity index (χ1n) is 10.5. The predicted octanol–water partition coefficient (Wildman–Crippen LogP) is 3.06. The molecule has 1 atom stereocenters. The van der Waals surface area contributed by atoms with Crippen LogP contribution in [0.3, 0.4) is 0 Å². The zero-order valence-corrected chi connectivity index (χ0v) is 16.8. The van der Waals surface area contributed by atoms with Crippen molar-refractivity contribution in [3.05, 3.63) is 41.1 Å². The molecule has 2 aromatic rings. The molecule has 1 saturated carbocycles. The van der Waals surface area contributed by atoms with Crippen LogP contribution in [0.4, 0.5) is 30.6 Å². The number of nitrogens with zero attached hydrogens (tertiary/aromatic N) is 3. The van der Waals surface area contributed by atoms with E-state index >= 15 is 0 Å². The summed E-state index contributed by atoms with van der Waals surface area (Å²) in [7, 11) is 0. The number of aromatic nitrogens is 2. The highest BCUT2D eigenvalue weighted by molar-refractivity contribution is 5.83. The van der Waals surface area contributed by atoms with Gasteiger partial charge < -0.3 is 20.9 Å². The van der Waals surface area contributed by atoms with Gasteiger partial charge in [-0.25, -0.2) is 4.98 Å². The Labute approximate surface area is 177 Å². The third kappa shape index (κ3) is 4.30. The van der Waals surface area contributed by atoms with Gasteiger partial charge in [-0.1, -0.05) is 6.07 Å². The summed E-state index contributed by atoms with van der Waals surface area (Å²) in [4.78, 5) is 22.3. The summed E-state index contributed by atoms with van der Waals surface area (Å²) in [6.07, 6.45) is -0.409. The number of fused-ring (bicyclic) bond motifs is 1. The fourth-order valence-corrected chi connectivity index (χ4v) is 3.85. The number of hydrogen-bond donors (Lipinski definition) is 3. The number of hydrogen-bond acceptors (Lipinski definition) is 6. The Hall–Kier alpha value is -2.88. The lowest BCUT2D eigenvalue weighted by atomic mass is 9.97. The summed E-state index contributed by atoms with van der Waals surface area (Å²) in [6.45, 7) is 2.11. The fraction of sp³-hybridized carbons (Fsp3) is 0.476. The summed E-state index contributed by atoms with van der Waals surface area (Å²) in [6, 6.07) is 5.71. The van der Waals surface area contributed by atoms with Crippen LogP contribution < -0.4 is 16.0 Å². The molecule has 1 aliphatic carbocycles. The smallest absolute Gasteiger partial charge is 0.367 e. The second-order valence-corrected chi connectivity index (χ2v) is 8.29. The number of amides is 1. The Balaban J connectivity index is 1.31. The Bertz CT molecular complexity index is 1000. The molecule has 3 N–H and O–H groups in total. The maximum Gasteiger partial charge on any atom is 0.421 e. The maximum atomic E-state index is 13.3. The third-order valence-electron chi connectivity index (χ3n) is 5.92. The second kappa shape index (κ2) is 7.67. The van der Waals surface area contributed by atoms with Crippen LogP contribution >= 0.6 is 0 Å². The Morgan fingerprint density at radius 2 is 2.00 bits per heavy atom. The van der Waals surface area contributed by atoms with E-state index in [1.54, 1.807) is 0 Å². The van der Waals surface area contributed by atoms with Gasteiger partial charge >= 0.3 is 6.18 Å². The Morgan fingerprint density at radius 1 is 1.19 bits per heavy atom. The summed E-state index contributed by atoms with van der Waals surface area (Å²) < 4.78 is 39.8. The van der Waals surface area contributed by atoms with E-state index in [9.17, 15) is 18.0 Å². The van der Waals surface area contributed by atoms with Crippen molar-refractivity contribution in [2.45, 2.75) is 50.5 Å². The van der Waals surface area contributed by atoms with Gasteiger partial charge in [0.05, 0.1) is 6.04 Å². The van der Waals surface area contributed by atoms with Gasteiger partial charge in [-0.05, 0) is 55.5 Å². The van der Waals surface area contributed by atoms with Gasteiger partial charge in [-0.2, -0.15) is 18.2 Å². The van der Waals surface area contributed by atoms with E-state index in [2.05, 4.69) is 25.9 Å². The molecule has 1 aromatic carbocycles. The first-order chi connectivity index (χ1) is 14.9. The first-order valence-corrected chi connectivity index (χ1v) is 10.5. The molecule has 31 heavy (non-hydrogen) atoms. The van der Waals surface area contributed by atoms with Crippen molar-refractivity contribution >= 4 is 23.4 Å². The highest BCUT2D eigenvalue weighted by atomic mass is 19.4. The van der Waals surface area contributed by atoms with Crippen molar-refractivity contribution in [2.75, 3.05) is 23.7 Å². The molecule has 3 aliphatic rings. The monoisotopic (exact) mass is 432 g/mol. The highest BCUT2D eigenvalue weighted by Crippen LogP contribution is 2.36. The number of rotatable bonds is 5. The molecule has 164 valence electrons. The van der Waals surface area contributed by atoms with Crippen molar-refractivity contribution < 1.29 is 18.0 Å². The van der Waals surface area contributed by atoms with Crippen LogP contribution in [0.25, 0.3) is 0 Å². The van der Waals surface area contributed by atoms with Crippen molar-refractivity contribution in [2.24, 2.45) is 0 Å². The van der Waals surface area contributed by atoms with Crippen molar-refractivity contribution in [1.82, 2.24) is 20.2 Å². The minimum Gasteiger partial charge on any atom is -0.367 e. The molecule has 0 spiro atoms. The average Bonchev–Trinajstić information content (AvgIpc) is 3.49. The van der Waals surface area contributed by atoms with E-state index in [0.717, 1.165) is 49.6 Å². The molecule has 5 rings (SSSR count). The van der Waals surface area contributed by atoms with E-state index in [1.165, 1.54) is 0 Å². The SMILES string of the molecule is O=C(C1CCN1)N1CCc2cc(Nc3ncc(C(F)(F)F)c(NC4CC4)n3)ccc2C1. The average molecular weight is 432 g/mol. The molecule has 1 amide bonds. The molecule has 1 unspecified atom stereocenters. The molecule has 2 aliphatic heterocycles. The molecular formula is C21H23F3N6O. The van der Waals surface area contributed by atoms with Crippen LogP contribution in [0.1, 0.15) is 36.0 Å². The van der Waals surface area contributed by atoms with Gasteiger partial charge in [0, 0.05) is 31.0 Å². The number of carbonyl (C=O) groups is 1. The lowest BCUT2D eigenvalue weighted by Gasteiger charge is -2.35. The second-order valence-electron chi connectivity index (χ2n) is 8.29. The van der Waals surface area contributed by atoms with Crippen molar-refractivity contribution in [1.29, 1.82) is 0 Å². The van der Waals surface area contributed by atoms with Crippen LogP contribution in [0.15, 0.2) is 24.4 Å². The summed E-state index contributed by atoms with van der Waals surface area (Å²) in [5.41, 5.74) is 2.03. The summed E-state index contributed by atoms with van der Waals surface area (Å²) in [5, 5.41) is 9.01. The number of alkyl halides is 3. The van der Waals surface area contributed by atoms with E-state index in [1.807, 2.05) is 23.1 Å². The lowest BCUT2D eigenvalue weighted by Crippen LogP contribution is -2.55. The zero-order chi connectivity index (χ0) is 21.6. The minimum absolute atomic E-state index is 0.0355. The lowest BCUT2D eigenvalue weighted by molar-refractivity contribution is -0.137. The predicted molar refractivity (Wildman–Crippen MR) is 109 cm³/mol. The number of nitrogens with one attached hydrogen (secondary N) is 3. The molecule has 1 aromatic heterocycles. The van der Waals surface area contributed by atoms with Gasteiger partial charge in [0.1, 0.15) is 11.4 Å². The summed E-state index contributed by atoms with van der Waals surface area (Å²) in [5.74, 6) is 0.0666. The van der Waals surface area contributed by atoms with Crippen LogP contribution in [0.2, 0.25) is 0 Å². The first kappa shape index (κ1) is 20.0. The fourth-order valence-electron chi connectivity index (χ4n) is 3.85. The van der Waals surface area contributed by atoms with Gasteiger partial charge in [0.25, 0.3) is 0 Å². The Kier molecular flexibility index (Phi) is 4.96. The molecule has 3 heterocycles. The number of benzene rings is 1. The molecule has 0 radical (unpaired) electrons. The standard InChI is InChI=1S/C21H23F3N6O/c22-21(23,24)16-10-26-20(29-18(16)27-14-3-4-14)28-15-2-1-13-11-30(8-6-12(13)9-15)19(31)17-5-7-25-17/h1-2,9-10,14,17,25H,3-8,11H2,(H2,26,27,28,29). The minimum atomic E-state index is -4.51. The van der Waals surface area contributed by atoms with Gasteiger partial charge in [0.15, 0.2) is 0 Å². The molecule has 0 bridgehead atoms. The number of halogens is 3. The van der Waals surface area contributed by atoms with E-state index < -0.39 is 11.7 Å². The van der Waals surface area contributed by atoms with Crippen molar-refractivity contribution in [3.63, 3.8) is 0 Å². The van der Waals surface area contributed by atoms with Gasteiger partial charge in [-0.3, -0.25) is 4.79 Å². The highest BCUT2D eigenvalue weighted by Gasteiger charge is 2.37. The quantitative estimate of drug-likeness (QED) is 0.674. The molecular weight excluding hydrogens is 409 g/mol. The normalized spacial score (nSPS) is 20.6. The Morgan fingerprint density at radius 3 is 2.68 bits per heavy atom. The van der Waals surface area contributed by atoms with E-state index in [0.29, 0.717) is 18.8 Å².